The lowest BCUT2D eigenvalue weighted by atomic mass is 10.0. The minimum absolute atomic E-state index is 0.117. The first-order chi connectivity index (χ1) is 13.9. The Hall–Kier alpha value is -2.46. The van der Waals surface area contributed by atoms with Gasteiger partial charge in [-0.1, -0.05) is 12.1 Å². The lowest BCUT2D eigenvalue weighted by molar-refractivity contribution is -0.146. The van der Waals surface area contributed by atoms with Gasteiger partial charge in [0.2, 0.25) is 0 Å². The molecule has 0 aliphatic carbocycles. The number of amidine groups is 1. The van der Waals surface area contributed by atoms with Crippen molar-refractivity contribution >= 4 is 39.5 Å². The van der Waals surface area contributed by atoms with Gasteiger partial charge < -0.3 is 26.2 Å². The molecule has 1 aromatic carbocycles. The summed E-state index contributed by atoms with van der Waals surface area (Å²) in [5, 5.41) is 23.3. The van der Waals surface area contributed by atoms with E-state index in [4.69, 9.17) is 10.7 Å². The summed E-state index contributed by atoms with van der Waals surface area (Å²) >= 11 is 1.71. The molecule has 2 aromatic rings. The molecule has 5 N–H and O–H groups in total. The van der Waals surface area contributed by atoms with Crippen LogP contribution in [0.4, 0.5) is 16.4 Å². The van der Waals surface area contributed by atoms with Crippen molar-refractivity contribution in [2.75, 3.05) is 44.6 Å². The molecule has 154 valence electrons. The number of rotatable bonds is 4. The molecule has 0 bridgehead atoms. The van der Waals surface area contributed by atoms with E-state index in [-0.39, 0.29) is 6.54 Å². The number of carboxylic acid groups (broad SMARTS) is 1. The number of para-hydroxylation sites is 2. The van der Waals surface area contributed by atoms with E-state index in [0.717, 1.165) is 27.8 Å². The lowest BCUT2D eigenvalue weighted by Crippen LogP contribution is -2.61. The summed E-state index contributed by atoms with van der Waals surface area (Å²) in [6.45, 7) is 4.33. The van der Waals surface area contributed by atoms with Crippen LogP contribution in [0.2, 0.25) is 0 Å². The van der Waals surface area contributed by atoms with Crippen LogP contribution in [0.3, 0.4) is 0 Å². The largest absolute Gasteiger partial charge is 0.480 e. The number of aliphatic carboxylic acids is 1. The number of aryl methyl sites for hydroxylation is 1. The number of hydrogen-bond acceptors (Lipinski definition) is 8. The van der Waals surface area contributed by atoms with Gasteiger partial charge in [0.05, 0.1) is 23.5 Å². The zero-order valence-electron chi connectivity index (χ0n) is 16.3. The molecule has 0 saturated carbocycles. The van der Waals surface area contributed by atoms with Crippen LogP contribution in [0.5, 0.6) is 0 Å². The highest BCUT2D eigenvalue weighted by molar-refractivity contribution is 7.16. The second-order valence-electron chi connectivity index (χ2n) is 7.56. The monoisotopic (exact) mass is 415 g/mol. The fourth-order valence-corrected chi connectivity index (χ4v) is 4.61. The van der Waals surface area contributed by atoms with Crippen molar-refractivity contribution in [1.29, 1.82) is 0 Å². The summed E-state index contributed by atoms with van der Waals surface area (Å²) in [6.07, 6.45) is 0. The summed E-state index contributed by atoms with van der Waals surface area (Å²) < 4.78 is 0. The minimum atomic E-state index is -1.64. The van der Waals surface area contributed by atoms with Crippen LogP contribution in [0, 0.1) is 6.92 Å². The summed E-state index contributed by atoms with van der Waals surface area (Å²) in [4.78, 5) is 21.8. The van der Waals surface area contributed by atoms with Crippen LogP contribution >= 0.6 is 11.3 Å². The van der Waals surface area contributed by atoms with Gasteiger partial charge in [0, 0.05) is 37.6 Å². The van der Waals surface area contributed by atoms with Gasteiger partial charge in [-0.25, -0.2) is 4.99 Å². The first kappa shape index (κ1) is 19.8. The number of nitrogens with two attached hydrogens (primary N) is 1. The van der Waals surface area contributed by atoms with Crippen LogP contribution < -0.4 is 11.1 Å². The molecule has 8 nitrogen and oxygen atoms in total. The average molecular weight is 416 g/mol. The van der Waals surface area contributed by atoms with Crippen molar-refractivity contribution in [3.63, 3.8) is 0 Å². The number of hydrogen-bond donors (Lipinski definition) is 4. The molecule has 4 rings (SSSR count). The molecule has 1 atom stereocenters. The number of nitrogens with one attached hydrogen (secondary N) is 1. The molecule has 29 heavy (non-hydrogen) atoms. The van der Waals surface area contributed by atoms with E-state index in [0.29, 0.717) is 26.2 Å². The van der Waals surface area contributed by atoms with Crippen LogP contribution in [0.15, 0.2) is 35.3 Å². The number of aliphatic hydroxyl groups is 1. The standard InChI is InChI=1S/C20H25N5O3S/c1-13-10-14-17(22-15-4-2-3-5-16(15)23-18(14)29-13)25-8-6-24(7-9-25)11-20(21,12-26)19(27)28/h2-5,10,23,26H,6-9,11-12,21H2,1H3,(H,27,28). The molecule has 1 aromatic heterocycles. The number of thiophene rings is 1. The van der Waals surface area contributed by atoms with Gasteiger partial charge in [-0.05, 0) is 25.1 Å². The Balaban J connectivity index is 1.56. The highest BCUT2D eigenvalue weighted by Crippen LogP contribution is 2.39. The molecule has 1 fully saturated rings. The van der Waals surface area contributed by atoms with Crippen molar-refractivity contribution in [1.82, 2.24) is 9.80 Å². The predicted octanol–water partition coefficient (Wildman–Crippen LogP) is 1.58. The lowest BCUT2D eigenvalue weighted by Gasteiger charge is -2.39. The van der Waals surface area contributed by atoms with Gasteiger partial charge in [0.25, 0.3) is 0 Å². The van der Waals surface area contributed by atoms with E-state index < -0.39 is 18.1 Å². The fraction of sp³-hybridized carbons (Fsp3) is 0.400. The van der Waals surface area contributed by atoms with Crippen LogP contribution in [0.25, 0.3) is 0 Å². The first-order valence-corrected chi connectivity index (χ1v) is 10.4. The van der Waals surface area contributed by atoms with Gasteiger partial charge >= 0.3 is 5.97 Å². The normalized spacial score (nSPS) is 18.7. The Bertz CT molecular complexity index is 951. The summed E-state index contributed by atoms with van der Waals surface area (Å²) in [7, 11) is 0. The summed E-state index contributed by atoms with van der Waals surface area (Å²) in [6, 6.07) is 10.2. The van der Waals surface area contributed by atoms with E-state index in [9.17, 15) is 15.0 Å². The zero-order chi connectivity index (χ0) is 20.6. The molecule has 0 amide bonds. The maximum Gasteiger partial charge on any atom is 0.327 e. The Labute approximate surface area is 173 Å². The van der Waals surface area contributed by atoms with Crippen molar-refractivity contribution in [2.24, 2.45) is 10.7 Å². The third-order valence-corrected chi connectivity index (χ3v) is 6.33. The number of carbonyl (C=O) groups is 1. The molecule has 1 saturated heterocycles. The van der Waals surface area contributed by atoms with Crippen molar-refractivity contribution < 1.29 is 15.0 Å². The third kappa shape index (κ3) is 3.86. The number of piperazine rings is 1. The van der Waals surface area contributed by atoms with Gasteiger partial charge in [0.1, 0.15) is 10.8 Å². The van der Waals surface area contributed by atoms with Crippen molar-refractivity contribution in [3.05, 3.63) is 40.8 Å². The highest BCUT2D eigenvalue weighted by Gasteiger charge is 2.36. The van der Waals surface area contributed by atoms with E-state index >= 15 is 0 Å². The number of aliphatic imine (C=N–C) groups is 1. The smallest absolute Gasteiger partial charge is 0.327 e. The van der Waals surface area contributed by atoms with Gasteiger partial charge in [-0.2, -0.15) is 0 Å². The molecule has 9 heteroatoms. The molecular weight excluding hydrogens is 390 g/mol. The number of carboxylic acids is 1. The average Bonchev–Trinajstić information content (AvgIpc) is 3.00. The van der Waals surface area contributed by atoms with Crippen molar-refractivity contribution in [3.8, 4) is 0 Å². The van der Waals surface area contributed by atoms with E-state index in [1.54, 1.807) is 11.3 Å². The number of anilines is 2. The molecule has 2 aliphatic rings. The van der Waals surface area contributed by atoms with Crippen LogP contribution in [-0.2, 0) is 4.79 Å². The molecule has 0 radical (unpaired) electrons. The second-order valence-corrected chi connectivity index (χ2v) is 8.82. The molecule has 2 aliphatic heterocycles. The summed E-state index contributed by atoms with van der Waals surface area (Å²) in [5.41, 5.74) is 7.19. The number of fused-ring (bicyclic) bond motifs is 2. The van der Waals surface area contributed by atoms with E-state index in [2.05, 4.69) is 23.2 Å². The first-order valence-electron chi connectivity index (χ1n) is 9.55. The van der Waals surface area contributed by atoms with Gasteiger partial charge in [-0.3, -0.25) is 9.69 Å². The number of nitrogens with zero attached hydrogens (tertiary/aromatic N) is 3. The zero-order valence-corrected chi connectivity index (χ0v) is 17.1. The highest BCUT2D eigenvalue weighted by atomic mass is 32.1. The maximum atomic E-state index is 11.4. The quantitative estimate of drug-likeness (QED) is 0.599. The summed E-state index contributed by atoms with van der Waals surface area (Å²) in [5.74, 6) is -0.252. The fourth-order valence-electron chi connectivity index (χ4n) is 3.69. The third-order valence-electron chi connectivity index (χ3n) is 5.36. The van der Waals surface area contributed by atoms with E-state index in [1.165, 1.54) is 4.88 Å². The topological polar surface area (TPSA) is 114 Å². The predicted molar refractivity (Wildman–Crippen MR) is 115 cm³/mol. The Morgan fingerprint density at radius 1 is 1.31 bits per heavy atom. The maximum absolute atomic E-state index is 11.4. The molecule has 1 unspecified atom stereocenters. The minimum Gasteiger partial charge on any atom is -0.480 e. The molecule has 3 heterocycles. The van der Waals surface area contributed by atoms with Gasteiger partial charge in [-0.15, -0.1) is 11.3 Å². The van der Waals surface area contributed by atoms with Crippen LogP contribution in [-0.4, -0.2) is 76.7 Å². The Morgan fingerprint density at radius 2 is 2.03 bits per heavy atom. The second kappa shape index (κ2) is 7.75. The van der Waals surface area contributed by atoms with Crippen molar-refractivity contribution in [2.45, 2.75) is 12.5 Å². The molecular formula is C20H25N5O3S. The number of benzene rings is 1. The number of aliphatic hydroxyl groups excluding tert-OH is 1. The van der Waals surface area contributed by atoms with Gasteiger partial charge in [0.15, 0.2) is 5.54 Å². The SMILES string of the molecule is Cc1cc2c(s1)Nc1ccccc1N=C2N1CCN(CC(N)(CO)C(=O)O)CC1. The van der Waals surface area contributed by atoms with E-state index in [1.807, 2.05) is 29.2 Å². The molecule has 0 spiro atoms. The van der Waals surface area contributed by atoms with Crippen LogP contribution in [0.1, 0.15) is 10.4 Å². The Morgan fingerprint density at radius 3 is 2.72 bits per heavy atom. The Kier molecular flexibility index (Phi) is 5.30.